The average molecular weight is 640 g/mol. The van der Waals surface area contributed by atoms with Crippen molar-refractivity contribution in [1.29, 1.82) is 0 Å². The number of aliphatic hydroxyl groups is 1. The number of carbonyl (C=O) groups is 3. The van der Waals surface area contributed by atoms with Crippen molar-refractivity contribution in [3.8, 4) is 0 Å². The third-order valence-corrected chi connectivity index (χ3v) is 12.0. The molecule has 9 heteroatoms. The largest absolute Gasteiger partial charge is 0.465 e. The number of fused-ring (bicyclic) bond motifs is 1. The number of thioether (sulfide) groups is 1. The van der Waals surface area contributed by atoms with E-state index in [0.717, 1.165) is 75.8 Å². The average Bonchev–Trinajstić information content (AvgIpc) is 3.63. The second-order valence-electron chi connectivity index (χ2n) is 12.6. The van der Waals surface area contributed by atoms with Crippen LogP contribution in [0.1, 0.15) is 72.1 Å². The predicted molar refractivity (Wildman–Crippen MR) is 183 cm³/mol. The molecular formula is C36H53N3O5S. The molecule has 45 heavy (non-hydrogen) atoms. The molecule has 8 nitrogen and oxygen atoms in total. The van der Waals surface area contributed by atoms with Gasteiger partial charge in [0.05, 0.1) is 23.2 Å². The number of allylic oxidation sites excluding steroid dienone is 1. The Kier molecular flexibility index (Phi) is 12.6. The van der Waals surface area contributed by atoms with Gasteiger partial charge in [0.25, 0.3) is 5.91 Å². The van der Waals surface area contributed by atoms with Crippen LogP contribution < -0.4 is 9.80 Å². The van der Waals surface area contributed by atoms with Crippen LogP contribution in [0.15, 0.2) is 49.6 Å². The van der Waals surface area contributed by atoms with Gasteiger partial charge in [-0.15, -0.1) is 24.9 Å². The molecule has 1 aromatic rings. The van der Waals surface area contributed by atoms with E-state index in [9.17, 15) is 19.5 Å². The van der Waals surface area contributed by atoms with Crippen molar-refractivity contribution in [1.82, 2.24) is 4.90 Å². The van der Waals surface area contributed by atoms with Crippen LogP contribution in [0.3, 0.4) is 0 Å². The lowest BCUT2D eigenvalue weighted by Crippen LogP contribution is -2.57. The van der Waals surface area contributed by atoms with Gasteiger partial charge in [-0.25, -0.2) is 0 Å². The summed E-state index contributed by atoms with van der Waals surface area (Å²) in [6, 6.07) is 7.37. The van der Waals surface area contributed by atoms with Gasteiger partial charge in [0.1, 0.15) is 6.04 Å². The van der Waals surface area contributed by atoms with Crippen LogP contribution in [-0.2, 0) is 19.1 Å². The molecule has 3 aliphatic heterocycles. The molecule has 4 rings (SSSR count). The van der Waals surface area contributed by atoms with E-state index in [1.54, 1.807) is 27.6 Å². The lowest BCUT2D eigenvalue weighted by Gasteiger charge is -2.40. The van der Waals surface area contributed by atoms with Crippen LogP contribution in [0.2, 0.25) is 0 Å². The molecular weight excluding hydrogens is 586 g/mol. The molecule has 1 spiro atoms. The molecule has 0 saturated carbocycles. The topological polar surface area (TPSA) is 90.4 Å². The van der Waals surface area contributed by atoms with Gasteiger partial charge < -0.3 is 24.5 Å². The maximum absolute atomic E-state index is 14.9. The number of benzene rings is 1. The Hall–Kier alpha value is -2.78. The summed E-state index contributed by atoms with van der Waals surface area (Å²) in [4.78, 5) is 48.7. The third kappa shape index (κ3) is 6.99. The highest BCUT2D eigenvalue weighted by Crippen LogP contribution is 2.68. The Morgan fingerprint density at radius 3 is 2.38 bits per heavy atom. The fourth-order valence-corrected chi connectivity index (χ4v) is 10.2. The van der Waals surface area contributed by atoms with Crippen molar-refractivity contribution in [3.05, 3.63) is 49.6 Å². The van der Waals surface area contributed by atoms with E-state index in [4.69, 9.17) is 4.74 Å². The molecule has 3 saturated heterocycles. The molecule has 6 atom stereocenters. The summed E-state index contributed by atoms with van der Waals surface area (Å²) in [5.41, 5.74) is 1.87. The molecule has 3 unspecified atom stereocenters. The molecule has 3 heterocycles. The fraction of sp³-hybridized carbons (Fsp3) is 0.639. The number of anilines is 2. The van der Waals surface area contributed by atoms with E-state index in [0.29, 0.717) is 19.7 Å². The van der Waals surface area contributed by atoms with Crippen LogP contribution in [0.5, 0.6) is 0 Å². The SMILES string of the molecule is C=CCCCCOC(=O)[C@@H]1[C@@H]2CC(C)C3(S2)C(C(=O)N(CC=C)c2ccc(N(CC)CC)cc2)N(CCCCCCO)C(=O)[C@H]13. The van der Waals surface area contributed by atoms with Crippen LogP contribution in [0, 0.1) is 17.8 Å². The first kappa shape index (κ1) is 35.1. The summed E-state index contributed by atoms with van der Waals surface area (Å²) >= 11 is 1.69. The van der Waals surface area contributed by atoms with Crippen molar-refractivity contribution in [2.45, 2.75) is 88.2 Å². The molecule has 248 valence electrons. The predicted octanol–water partition coefficient (Wildman–Crippen LogP) is 5.84. The quantitative estimate of drug-likeness (QED) is 0.116. The summed E-state index contributed by atoms with van der Waals surface area (Å²) in [7, 11) is 0. The Bertz CT molecular complexity index is 1190. The number of esters is 1. The number of likely N-dealkylation sites (tertiary alicyclic amines) is 1. The van der Waals surface area contributed by atoms with E-state index >= 15 is 0 Å². The minimum atomic E-state index is -0.697. The van der Waals surface area contributed by atoms with Gasteiger partial charge in [-0.3, -0.25) is 14.4 Å². The van der Waals surface area contributed by atoms with Crippen LogP contribution >= 0.6 is 11.8 Å². The lowest BCUT2D eigenvalue weighted by molar-refractivity contribution is -0.154. The molecule has 0 aliphatic carbocycles. The minimum absolute atomic E-state index is 0.0437. The van der Waals surface area contributed by atoms with E-state index in [1.165, 1.54) is 0 Å². The van der Waals surface area contributed by atoms with Crippen molar-refractivity contribution >= 4 is 40.9 Å². The van der Waals surface area contributed by atoms with Crippen molar-refractivity contribution in [2.75, 3.05) is 49.2 Å². The number of ether oxygens (including phenoxy) is 1. The molecule has 3 fully saturated rings. The number of rotatable bonds is 19. The zero-order chi connectivity index (χ0) is 32.6. The van der Waals surface area contributed by atoms with Crippen LogP contribution in [0.4, 0.5) is 11.4 Å². The Morgan fingerprint density at radius 1 is 1.04 bits per heavy atom. The van der Waals surface area contributed by atoms with Crippen molar-refractivity contribution in [3.63, 3.8) is 0 Å². The Balaban J connectivity index is 1.66. The standard InChI is InChI=1S/C36H53N3O5S/c1-6-10-11-16-24-44-35(43)30-29-25-26(5)36(45-29)31(30)33(41)39(22-14-12-13-15-23-40)32(36)34(42)38(21-7-2)28-19-17-27(18-20-28)37(8-3)9-4/h6-7,17-20,26,29-32,40H,1-2,8-16,21-25H2,3-5H3/t26?,29-,30+,31-,32?,36?/m0/s1. The minimum Gasteiger partial charge on any atom is -0.465 e. The third-order valence-electron chi connectivity index (χ3n) is 9.97. The summed E-state index contributed by atoms with van der Waals surface area (Å²) in [6.45, 7) is 17.1. The molecule has 2 amide bonds. The van der Waals surface area contributed by atoms with Crippen LogP contribution in [-0.4, -0.2) is 83.2 Å². The number of hydrogen-bond donors (Lipinski definition) is 1. The zero-order valence-corrected chi connectivity index (χ0v) is 28.3. The first-order chi connectivity index (χ1) is 21.8. The van der Waals surface area contributed by atoms with Gasteiger partial charge >= 0.3 is 5.97 Å². The van der Waals surface area contributed by atoms with Gasteiger partial charge in [0, 0.05) is 49.4 Å². The van der Waals surface area contributed by atoms with Gasteiger partial charge in [-0.05, 0) is 82.6 Å². The van der Waals surface area contributed by atoms with Crippen molar-refractivity contribution in [2.24, 2.45) is 17.8 Å². The normalized spacial score (nSPS) is 26.5. The zero-order valence-electron chi connectivity index (χ0n) is 27.5. The first-order valence-electron chi connectivity index (χ1n) is 16.9. The summed E-state index contributed by atoms with van der Waals surface area (Å²) in [6.07, 6.45) is 10.1. The second kappa shape index (κ2) is 16.2. The van der Waals surface area contributed by atoms with Gasteiger partial charge in [-0.2, -0.15) is 0 Å². The molecule has 1 aromatic carbocycles. The van der Waals surface area contributed by atoms with E-state index in [2.05, 4.69) is 38.8 Å². The fourth-order valence-electron chi connectivity index (χ4n) is 7.75. The molecule has 0 radical (unpaired) electrons. The highest BCUT2D eigenvalue weighted by molar-refractivity contribution is 8.02. The number of hydrogen-bond acceptors (Lipinski definition) is 7. The Labute approximate surface area is 274 Å². The molecule has 2 bridgehead atoms. The van der Waals surface area contributed by atoms with Crippen LogP contribution in [0.25, 0.3) is 0 Å². The highest BCUT2D eigenvalue weighted by atomic mass is 32.2. The van der Waals surface area contributed by atoms with Crippen molar-refractivity contribution < 1.29 is 24.2 Å². The highest BCUT2D eigenvalue weighted by Gasteiger charge is 2.76. The monoisotopic (exact) mass is 639 g/mol. The van der Waals surface area contributed by atoms with Gasteiger partial charge in [0.2, 0.25) is 5.91 Å². The Morgan fingerprint density at radius 2 is 1.73 bits per heavy atom. The molecule has 0 aromatic heterocycles. The molecule has 1 N–H and O–H groups in total. The summed E-state index contributed by atoms with van der Waals surface area (Å²) in [5.74, 6) is -1.56. The number of aliphatic hydroxyl groups excluding tert-OH is 1. The number of unbranched alkanes of at least 4 members (excludes halogenated alkanes) is 5. The molecule has 3 aliphatic rings. The van der Waals surface area contributed by atoms with E-state index in [-0.39, 0.29) is 35.6 Å². The smallest absolute Gasteiger partial charge is 0.310 e. The summed E-state index contributed by atoms with van der Waals surface area (Å²) < 4.78 is 5.08. The number of carbonyl (C=O) groups excluding carboxylic acids is 3. The van der Waals surface area contributed by atoms with E-state index < -0.39 is 22.6 Å². The van der Waals surface area contributed by atoms with Gasteiger partial charge in [0.15, 0.2) is 0 Å². The van der Waals surface area contributed by atoms with Gasteiger partial charge in [-0.1, -0.05) is 31.9 Å². The second-order valence-corrected chi connectivity index (χ2v) is 14.1. The number of nitrogens with zero attached hydrogens (tertiary/aromatic N) is 3. The number of amides is 2. The van der Waals surface area contributed by atoms with E-state index in [1.807, 2.05) is 30.3 Å². The first-order valence-corrected chi connectivity index (χ1v) is 17.8. The lowest BCUT2D eigenvalue weighted by atomic mass is 9.66. The maximum atomic E-state index is 14.9. The maximum Gasteiger partial charge on any atom is 0.310 e. The summed E-state index contributed by atoms with van der Waals surface area (Å²) in [5, 5.41) is 9.20.